The highest BCUT2D eigenvalue weighted by atomic mass is 32.1. The molecule has 1 amide bonds. The van der Waals surface area contributed by atoms with Crippen LogP contribution in [0.3, 0.4) is 0 Å². The standard InChI is InChI=1S/C30H28F7N7O2S/c1-2-21(45)42-8-10-43(11-9-42)27-17-12-18(30(35,36)37)22(16-5-6-19(31)26-25(16)39-28(38)47-26)23(34)24(17)40-29(41-27)46-14-15-4-3-7-44(15)13-20(32)33/h2,5-6,12,15,20H,1,3-4,7-11,13-14H2,(H2,38,39)/t15-/m0/s1. The summed E-state index contributed by atoms with van der Waals surface area (Å²) in [6.07, 6.45) is -5.28. The number of nitrogens with zero attached hydrogens (tertiary/aromatic N) is 6. The number of amides is 1. The van der Waals surface area contributed by atoms with Gasteiger partial charge in [-0.25, -0.2) is 22.5 Å². The molecule has 1 atom stereocenters. The number of ether oxygens (including phenoxy) is 1. The molecule has 2 aliphatic rings. The Morgan fingerprint density at radius 3 is 2.53 bits per heavy atom. The second kappa shape index (κ2) is 12.7. The minimum Gasteiger partial charge on any atom is -0.462 e. The minimum atomic E-state index is -5.08. The van der Waals surface area contributed by atoms with Crippen LogP contribution in [0.1, 0.15) is 18.4 Å². The van der Waals surface area contributed by atoms with Gasteiger partial charge in [-0.15, -0.1) is 0 Å². The Hall–Kier alpha value is -4.25. The van der Waals surface area contributed by atoms with Crippen molar-refractivity contribution in [2.75, 3.05) is 56.5 Å². The first-order valence-electron chi connectivity index (χ1n) is 14.6. The molecule has 9 nitrogen and oxygen atoms in total. The van der Waals surface area contributed by atoms with Gasteiger partial charge >= 0.3 is 12.2 Å². The predicted molar refractivity (Wildman–Crippen MR) is 163 cm³/mol. The van der Waals surface area contributed by atoms with Crippen molar-refractivity contribution in [2.24, 2.45) is 0 Å². The summed E-state index contributed by atoms with van der Waals surface area (Å²) in [5.74, 6) is -2.54. The van der Waals surface area contributed by atoms with E-state index in [2.05, 4.69) is 21.5 Å². The van der Waals surface area contributed by atoms with E-state index in [9.17, 15) is 31.1 Å². The Labute approximate surface area is 267 Å². The maximum Gasteiger partial charge on any atom is 0.417 e. The molecule has 2 saturated heterocycles. The Kier molecular flexibility index (Phi) is 8.86. The molecule has 4 aromatic rings. The summed E-state index contributed by atoms with van der Waals surface area (Å²) < 4.78 is 107. The van der Waals surface area contributed by atoms with Crippen LogP contribution >= 0.6 is 11.3 Å². The first-order valence-corrected chi connectivity index (χ1v) is 15.4. The fourth-order valence-corrected chi connectivity index (χ4v) is 6.88. The predicted octanol–water partition coefficient (Wildman–Crippen LogP) is 5.73. The lowest BCUT2D eigenvalue weighted by molar-refractivity contribution is -0.137. The van der Waals surface area contributed by atoms with Gasteiger partial charge in [-0.05, 0) is 43.7 Å². The number of alkyl halides is 5. The van der Waals surface area contributed by atoms with Crippen molar-refractivity contribution >= 4 is 49.3 Å². The molecule has 4 heterocycles. The lowest BCUT2D eigenvalue weighted by Crippen LogP contribution is -2.48. The Bertz CT molecular complexity index is 1840. The van der Waals surface area contributed by atoms with Crippen molar-refractivity contribution in [1.29, 1.82) is 0 Å². The van der Waals surface area contributed by atoms with Gasteiger partial charge in [-0.3, -0.25) is 9.69 Å². The van der Waals surface area contributed by atoms with E-state index >= 15 is 4.39 Å². The minimum absolute atomic E-state index is 0.0651. The molecule has 2 N–H and O–H groups in total. The number of benzene rings is 2. The summed E-state index contributed by atoms with van der Waals surface area (Å²) in [6.45, 7) is 3.96. The molecule has 6 rings (SSSR count). The van der Waals surface area contributed by atoms with Crippen molar-refractivity contribution in [3.05, 3.63) is 48.1 Å². The molecule has 0 aliphatic carbocycles. The number of aromatic nitrogens is 3. The highest BCUT2D eigenvalue weighted by molar-refractivity contribution is 7.22. The van der Waals surface area contributed by atoms with Gasteiger partial charge in [0.05, 0.1) is 22.3 Å². The summed E-state index contributed by atoms with van der Waals surface area (Å²) in [5, 5.41) is -0.394. The van der Waals surface area contributed by atoms with Crippen LogP contribution in [0.15, 0.2) is 30.9 Å². The van der Waals surface area contributed by atoms with Gasteiger partial charge in [0.2, 0.25) is 5.91 Å². The average molecular weight is 684 g/mol. The number of anilines is 2. The first-order chi connectivity index (χ1) is 22.3. The second-order valence-corrected chi connectivity index (χ2v) is 12.2. The van der Waals surface area contributed by atoms with E-state index in [4.69, 9.17) is 10.5 Å². The van der Waals surface area contributed by atoms with Crippen molar-refractivity contribution in [2.45, 2.75) is 31.5 Å². The number of likely N-dealkylation sites (tertiary alicyclic amines) is 1. The summed E-state index contributed by atoms with van der Waals surface area (Å²) in [5.41, 5.74) is 2.39. The van der Waals surface area contributed by atoms with Gasteiger partial charge in [0.1, 0.15) is 23.8 Å². The molecule has 47 heavy (non-hydrogen) atoms. The quantitative estimate of drug-likeness (QED) is 0.186. The van der Waals surface area contributed by atoms with Gasteiger partial charge in [-0.1, -0.05) is 17.9 Å². The maximum atomic E-state index is 16.7. The van der Waals surface area contributed by atoms with Crippen LogP contribution in [0, 0.1) is 11.6 Å². The van der Waals surface area contributed by atoms with E-state index in [0.29, 0.717) is 30.7 Å². The fraction of sp³-hybridized carbons (Fsp3) is 0.400. The normalized spacial score (nSPS) is 17.7. The van der Waals surface area contributed by atoms with Crippen LogP contribution in [0.4, 0.5) is 41.7 Å². The van der Waals surface area contributed by atoms with Crippen molar-refractivity contribution in [1.82, 2.24) is 24.8 Å². The third kappa shape index (κ3) is 6.37. The van der Waals surface area contributed by atoms with Crippen molar-refractivity contribution in [3.63, 3.8) is 0 Å². The monoisotopic (exact) mass is 683 g/mol. The number of rotatable bonds is 8. The smallest absolute Gasteiger partial charge is 0.417 e. The lowest BCUT2D eigenvalue weighted by Gasteiger charge is -2.35. The summed E-state index contributed by atoms with van der Waals surface area (Å²) in [6, 6.07) is 1.88. The second-order valence-electron chi connectivity index (χ2n) is 11.2. The third-order valence-electron chi connectivity index (χ3n) is 8.32. The van der Waals surface area contributed by atoms with Crippen molar-refractivity contribution < 1.29 is 40.3 Å². The number of hydrogen-bond acceptors (Lipinski definition) is 9. The van der Waals surface area contributed by atoms with Crippen LogP contribution < -0.4 is 15.4 Å². The molecule has 0 bridgehead atoms. The molecule has 2 aromatic carbocycles. The molecule has 250 valence electrons. The molecule has 2 fully saturated rings. The van der Waals surface area contributed by atoms with Gasteiger partial charge in [0, 0.05) is 48.7 Å². The molecule has 0 unspecified atom stereocenters. The van der Waals surface area contributed by atoms with Gasteiger partial charge < -0.3 is 20.3 Å². The first kappa shape index (κ1) is 32.7. The zero-order chi connectivity index (χ0) is 33.6. The van der Waals surface area contributed by atoms with Gasteiger partial charge in [0.15, 0.2) is 10.9 Å². The number of halogens is 7. The van der Waals surface area contributed by atoms with Gasteiger partial charge in [0.25, 0.3) is 6.43 Å². The van der Waals surface area contributed by atoms with E-state index in [1.165, 1.54) is 4.90 Å². The van der Waals surface area contributed by atoms with E-state index in [1.807, 2.05) is 0 Å². The van der Waals surface area contributed by atoms with Crippen LogP contribution in [0.2, 0.25) is 0 Å². The maximum absolute atomic E-state index is 16.7. The van der Waals surface area contributed by atoms with E-state index in [0.717, 1.165) is 24.3 Å². The highest BCUT2D eigenvalue weighted by Gasteiger charge is 2.39. The molecular formula is C30H28F7N7O2S. The Balaban J connectivity index is 1.50. The summed E-state index contributed by atoms with van der Waals surface area (Å²) >= 11 is 0.711. The Morgan fingerprint density at radius 2 is 1.85 bits per heavy atom. The number of carbonyl (C=O) groups excluding carboxylic acids is 1. The van der Waals surface area contributed by atoms with E-state index in [1.54, 1.807) is 9.80 Å². The van der Waals surface area contributed by atoms with Crippen LogP contribution in [0.5, 0.6) is 6.01 Å². The zero-order valence-electron chi connectivity index (χ0n) is 24.7. The molecule has 0 radical (unpaired) electrons. The van der Waals surface area contributed by atoms with Crippen molar-refractivity contribution in [3.8, 4) is 17.1 Å². The number of piperazine rings is 1. The molecule has 0 spiro atoms. The number of nitrogens with two attached hydrogens (primary N) is 1. The molecular weight excluding hydrogens is 655 g/mol. The van der Waals surface area contributed by atoms with E-state index in [-0.39, 0.29) is 76.8 Å². The zero-order valence-corrected chi connectivity index (χ0v) is 25.5. The number of thiazole rings is 1. The summed E-state index contributed by atoms with van der Waals surface area (Å²) in [4.78, 5) is 29.4. The lowest BCUT2D eigenvalue weighted by atomic mass is 9.95. The van der Waals surface area contributed by atoms with Crippen LogP contribution in [-0.2, 0) is 11.0 Å². The number of hydrogen-bond donors (Lipinski definition) is 1. The largest absolute Gasteiger partial charge is 0.462 e. The average Bonchev–Trinajstić information content (AvgIpc) is 3.65. The number of carbonyl (C=O) groups is 1. The molecule has 2 aromatic heterocycles. The van der Waals surface area contributed by atoms with Crippen LogP contribution in [0.25, 0.3) is 32.2 Å². The molecule has 2 aliphatic heterocycles. The number of fused-ring (bicyclic) bond motifs is 2. The van der Waals surface area contributed by atoms with Gasteiger partial charge in [-0.2, -0.15) is 23.1 Å². The summed E-state index contributed by atoms with van der Waals surface area (Å²) in [7, 11) is 0. The van der Waals surface area contributed by atoms with E-state index < -0.39 is 53.5 Å². The highest BCUT2D eigenvalue weighted by Crippen LogP contribution is 2.46. The molecule has 17 heteroatoms. The third-order valence-corrected chi connectivity index (χ3v) is 9.21. The Morgan fingerprint density at radius 1 is 1.11 bits per heavy atom. The topological polar surface area (TPSA) is 101 Å². The molecule has 0 saturated carbocycles. The SMILES string of the molecule is C=CC(=O)N1CCN(c2nc(OC[C@@H]3CCCN3CC(F)F)nc3c(F)c(-c4ccc(F)c5sc(N)nc45)c(C(F)(F)F)cc23)CC1. The number of nitrogen functional groups attached to an aromatic ring is 1. The fourth-order valence-electron chi connectivity index (χ4n) is 6.12. The van der Waals surface area contributed by atoms with Crippen LogP contribution in [-0.4, -0.2) is 89.0 Å².